The Balaban J connectivity index is 2.07. The van der Waals surface area contributed by atoms with Crippen LogP contribution in [0.5, 0.6) is 5.75 Å². The van der Waals surface area contributed by atoms with E-state index in [0.29, 0.717) is 23.6 Å². The third-order valence-corrected chi connectivity index (χ3v) is 3.00. The topological polar surface area (TPSA) is 61.5 Å². The quantitative estimate of drug-likeness (QED) is 0.686. The van der Waals surface area contributed by atoms with Gasteiger partial charge in [-0.3, -0.25) is 0 Å². The van der Waals surface area contributed by atoms with Crippen molar-refractivity contribution in [3.05, 3.63) is 59.2 Å². The average molecular weight is 271 g/mol. The molecule has 4 nitrogen and oxygen atoms in total. The molecule has 2 rings (SSSR count). The minimum atomic E-state index is -0.355. The van der Waals surface area contributed by atoms with Crippen molar-refractivity contribution >= 4 is 11.7 Å². The van der Waals surface area contributed by atoms with Gasteiger partial charge in [0.2, 0.25) is 0 Å². The zero-order valence-electron chi connectivity index (χ0n) is 11.6. The highest BCUT2D eigenvalue weighted by Gasteiger charge is 2.06. The van der Waals surface area contributed by atoms with E-state index in [-0.39, 0.29) is 5.97 Å². The molecule has 0 saturated heterocycles. The Kier molecular flexibility index (Phi) is 4.25. The van der Waals surface area contributed by atoms with Crippen LogP contribution in [0.25, 0.3) is 0 Å². The van der Waals surface area contributed by atoms with Crippen molar-refractivity contribution in [2.24, 2.45) is 0 Å². The highest BCUT2D eigenvalue weighted by atomic mass is 16.5. The van der Waals surface area contributed by atoms with Gasteiger partial charge >= 0.3 is 5.97 Å². The van der Waals surface area contributed by atoms with Crippen LogP contribution >= 0.6 is 0 Å². The lowest BCUT2D eigenvalue weighted by Gasteiger charge is -2.09. The molecule has 0 saturated carbocycles. The smallest absolute Gasteiger partial charge is 0.337 e. The fraction of sp³-hybridized carbons (Fsp3) is 0.188. The van der Waals surface area contributed by atoms with Crippen LogP contribution in [0.3, 0.4) is 0 Å². The van der Waals surface area contributed by atoms with E-state index in [9.17, 15) is 4.79 Å². The van der Waals surface area contributed by atoms with Gasteiger partial charge in [-0.05, 0) is 36.2 Å². The normalized spacial score (nSPS) is 10.1. The Morgan fingerprint density at radius 2 is 2.00 bits per heavy atom. The SMILES string of the molecule is COC(=O)c1cccc(COc2ccc(C)c(N)c2)c1. The van der Waals surface area contributed by atoms with Crippen LogP contribution in [0.2, 0.25) is 0 Å². The maximum Gasteiger partial charge on any atom is 0.337 e. The summed E-state index contributed by atoms with van der Waals surface area (Å²) in [6.45, 7) is 2.31. The number of rotatable bonds is 4. The van der Waals surface area contributed by atoms with Gasteiger partial charge in [-0.25, -0.2) is 4.79 Å². The number of nitrogen functional groups attached to an aromatic ring is 1. The summed E-state index contributed by atoms with van der Waals surface area (Å²) in [5.74, 6) is 0.350. The van der Waals surface area contributed by atoms with E-state index in [1.54, 1.807) is 24.3 Å². The molecule has 2 aromatic rings. The molecule has 0 radical (unpaired) electrons. The van der Waals surface area contributed by atoms with Crippen molar-refractivity contribution in [2.75, 3.05) is 12.8 Å². The third kappa shape index (κ3) is 3.29. The maximum absolute atomic E-state index is 11.4. The Morgan fingerprint density at radius 3 is 2.70 bits per heavy atom. The number of anilines is 1. The zero-order chi connectivity index (χ0) is 14.5. The van der Waals surface area contributed by atoms with Gasteiger partial charge in [0.25, 0.3) is 0 Å². The molecular weight excluding hydrogens is 254 g/mol. The second-order valence-corrected chi connectivity index (χ2v) is 4.50. The molecule has 0 aliphatic carbocycles. The van der Waals surface area contributed by atoms with E-state index in [1.807, 2.05) is 25.1 Å². The molecule has 0 atom stereocenters. The van der Waals surface area contributed by atoms with E-state index >= 15 is 0 Å². The number of methoxy groups -OCH3 is 1. The summed E-state index contributed by atoms with van der Waals surface area (Å²) < 4.78 is 10.4. The molecule has 0 spiro atoms. The van der Waals surface area contributed by atoms with E-state index in [0.717, 1.165) is 11.1 Å². The third-order valence-electron chi connectivity index (χ3n) is 3.00. The van der Waals surface area contributed by atoms with Crippen molar-refractivity contribution in [3.63, 3.8) is 0 Å². The predicted octanol–water partition coefficient (Wildman–Crippen LogP) is 2.94. The van der Waals surface area contributed by atoms with Crippen molar-refractivity contribution in [3.8, 4) is 5.75 Å². The van der Waals surface area contributed by atoms with Crippen molar-refractivity contribution < 1.29 is 14.3 Å². The molecule has 0 aromatic heterocycles. The monoisotopic (exact) mass is 271 g/mol. The zero-order valence-corrected chi connectivity index (χ0v) is 11.6. The van der Waals surface area contributed by atoms with Crippen molar-refractivity contribution in [1.82, 2.24) is 0 Å². The van der Waals surface area contributed by atoms with Crippen molar-refractivity contribution in [2.45, 2.75) is 13.5 Å². The number of aryl methyl sites for hydroxylation is 1. The summed E-state index contributed by atoms with van der Waals surface area (Å²) in [6.07, 6.45) is 0. The molecule has 0 fully saturated rings. The minimum Gasteiger partial charge on any atom is -0.489 e. The Hall–Kier alpha value is -2.49. The molecule has 2 N–H and O–H groups in total. The molecule has 0 amide bonds. The molecule has 20 heavy (non-hydrogen) atoms. The molecule has 0 aliphatic rings. The Labute approximate surface area is 118 Å². The van der Waals surface area contributed by atoms with Gasteiger partial charge in [0.1, 0.15) is 12.4 Å². The van der Waals surface area contributed by atoms with Crippen LogP contribution in [0.1, 0.15) is 21.5 Å². The van der Waals surface area contributed by atoms with Gasteiger partial charge < -0.3 is 15.2 Å². The first-order chi connectivity index (χ1) is 9.60. The van der Waals surface area contributed by atoms with Gasteiger partial charge in [0.05, 0.1) is 12.7 Å². The van der Waals surface area contributed by atoms with Gasteiger partial charge in [-0.15, -0.1) is 0 Å². The first-order valence-corrected chi connectivity index (χ1v) is 6.26. The summed E-state index contributed by atoms with van der Waals surface area (Å²) in [6, 6.07) is 12.7. The number of carbonyl (C=O) groups excluding carboxylic acids is 1. The lowest BCUT2D eigenvalue weighted by molar-refractivity contribution is 0.0600. The van der Waals surface area contributed by atoms with Gasteiger partial charge in [0.15, 0.2) is 0 Å². The Bertz CT molecular complexity index is 623. The van der Waals surface area contributed by atoms with Gasteiger partial charge in [-0.2, -0.15) is 0 Å². The van der Waals surface area contributed by atoms with Crippen LogP contribution < -0.4 is 10.5 Å². The first-order valence-electron chi connectivity index (χ1n) is 6.26. The molecule has 0 aliphatic heterocycles. The maximum atomic E-state index is 11.4. The summed E-state index contributed by atoms with van der Waals surface area (Å²) in [4.78, 5) is 11.4. The highest BCUT2D eigenvalue weighted by molar-refractivity contribution is 5.89. The molecule has 4 heteroatoms. The van der Waals surface area contributed by atoms with Crippen LogP contribution in [0.4, 0.5) is 5.69 Å². The summed E-state index contributed by atoms with van der Waals surface area (Å²) >= 11 is 0. The van der Waals surface area contributed by atoms with E-state index in [4.69, 9.17) is 10.5 Å². The summed E-state index contributed by atoms with van der Waals surface area (Å²) in [5, 5.41) is 0. The second kappa shape index (κ2) is 6.10. The van der Waals surface area contributed by atoms with Crippen molar-refractivity contribution in [1.29, 1.82) is 0 Å². The number of nitrogens with two attached hydrogens (primary N) is 1. The number of hydrogen-bond acceptors (Lipinski definition) is 4. The fourth-order valence-corrected chi connectivity index (χ4v) is 1.78. The number of esters is 1. The molecule has 104 valence electrons. The highest BCUT2D eigenvalue weighted by Crippen LogP contribution is 2.20. The van der Waals surface area contributed by atoms with E-state index < -0.39 is 0 Å². The number of benzene rings is 2. The lowest BCUT2D eigenvalue weighted by Crippen LogP contribution is -2.03. The molecule has 0 heterocycles. The predicted molar refractivity (Wildman–Crippen MR) is 77.7 cm³/mol. The van der Waals surface area contributed by atoms with Crippen LogP contribution in [-0.4, -0.2) is 13.1 Å². The number of ether oxygens (including phenoxy) is 2. The second-order valence-electron chi connectivity index (χ2n) is 4.50. The average Bonchev–Trinajstić information content (AvgIpc) is 2.48. The summed E-state index contributed by atoms with van der Waals surface area (Å²) in [5.41, 5.74) is 8.96. The Morgan fingerprint density at radius 1 is 1.20 bits per heavy atom. The van der Waals surface area contributed by atoms with Crippen LogP contribution in [-0.2, 0) is 11.3 Å². The minimum absolute atomic E-state index is 0.355. The first kappa shape index (κ1) is 13.9. The molecule has 0 unspecified atom stereocenters. The molecular formula is C16H17NO3. The van der Waals surface area contributed by atoms with Gasteiger partial charge in [0, 0.05) is 11.8 Å². The van der Waals surface area contributed by atoms with Crippen LogP contribution in [0.15, 0.2) is 42.5 Å². The van der Waals surface area contributed by atoms with Gasteiger partial charge in [-0.1, -0.05) is 18.2 Å². The van der Waals surface area contributed by atoms with Crippen LogP contribution in [0, 0.1) is 6.92 Å². The molecule has 0 bridgehead atoms. The van der Waals surface area contributed by atoms with E-state index in [1.165, 1.54) is 7.11 Å². The number of hydrogen-bond donors (Lipinski definition) is 1. The lowest BCUT2D eigenvalue weighted by atomic mass is 10.1. The summed E-state index contributed by atoms with van der Waals surface area (Å²) in [7, 11) is 1.36. The largest absolute Gasteiger partial charge is 0.489 e. The standard InChI is InChI=1S/C16H17NO3/c1-11-6-7-14(9-15(11)17)20-10-12-4-3-5-13(8-12)16(18)19-2/h3-9H,10,17H2,1-2H3. The fourth-order valence-electron chi connectivity index (χ4n) is 1.78. The molecule has 2 aromatic carbocycles. The number of carbonyl (C=O) groups is 1. The van der Waals surface area contributed by atoms with E-state index in [2.05, 4.69) is 4.74 Å².